The lowest BCUT2D eigenvalue weighted by Gasteiger charge is -2.37. The van der Waals surface area contributed by atoms with Crippen molar-refractivity contribution in [1.82, 2.24) is 9.97 Å². The second-order valence-electron chi connectivity index (χ2n) is 11.2. The SMILES string of the molecule is CN1C(=O)C2(CCC2)c2c1cnc1ccc(-c3cnc(N4CCS(=O)(=O)CC4)c(NS(=O)(=O)c4ccccc4)c3)cc21.Cl. The van der Waals surface area contributed by atoms with Crippen LogP contribution in [-0.4, -0.2) is 64.4 Å². The summed E-state index contributed by atoms with van der Waals surface area (Å²) in [5.74, 6) is 0.422. The van der Waals surface area contributed by atoms with Crippen molar-refractivity contribution in [3.63, 3.8) is 0 Å². The molecular weight excluding hydrogens is 610 g/mol. The van der Waals surface area contributed by atoms with E-state index in [4.69, 9.17) is 0 Å². The Bertz CT molecular complexity index is 1970. The Morgan fingerprint density at radius 2 is 1.65 bits per heavy atom. The van der Waals surface area contributed by atoms with E-state index in [-0.39, 0.29) is 53.5 Å². The van der Waals surface area contributed by atoms with Crippen LogP contribution in [0.5, 0.6) is 0 Å². The maximum Gasteiger partial charge on any atom is 0.262 e. The Balaban J connectivity index is 0.00000329. The maximum absolute atomic E-state index is 13.4. The number of rotatable bonds is 5. The zero-order valence-corrected chi connectivity index (χ0v) is 25.8. The van der Waals surface area contributed by atoms with E-state index in [9.17, 15) is 21.6 Å². The fourth-order valence-electron chi connectivity index (χ4n) is 6.32. The Morgan fingerprint density at radius 3 is 2.33 bits per heavy atom. The highest BCUT2D eigenvalue weighted by Gasteiger charge is 2.54. The minimum absolute atomic E-state index is 0. The zero-order chi connectivity index (χ0) is 29.3. The highest BCUT2D eigenvalue weighted by molar-refractivity contribution is 7.92. The van der Waals surface area contributed by atoms with E-state index in [1.165, 1.54) is 12.1 Å². The van der Waals surface area contributed by atoms with Gasteiger partial charge in [-0.05, 0) is 48.7 Å². The molecule has 2 aromatic carbocycles. The van der Waals surface area contributed by atoms with Gasteiger partial charge in [-0.3, -0.25) is 14.5 Å². The monoisotopic (exact) mass is 639 g/mol. The minimum atomic E-state index is -3.95. The molecule has 2 aromatic heterocycles. The van der Waals surface area contributed by atoms with Crippen molar-refractivity contribution >= 4 is 66.3 Å². The summed E-state index contributed by atoms with van der Waals surface area (Å²) in [5, 5.41) is 0.902. The van der Waals surface area contributed by atoms with Gasteiger partial charge in [0, 0.05) is 42.8 Å². The van der Waals surface area contributed by atoms with Crippen LogP contribution in [0.3, 0.4) is 0 Å². The number of sulfone groups is 1. The normalized spacial score (nSPS) is 18.7. The number of nitrogens with one attached hydrogen (secondary N) is 1. The van der Waals surface area contributed by atoms with Crippen molar-refractivity contribution in [2.24, 2.45) is 0 Å². The molecule has 1 saturated carbocycles. The molecule has 224 valence electrons. The van der Waals surface area contributed by atoms with Gasteiger partial charge in [0.2, 0.25) is 5.91 Å². The first-order valence-corrected chi connectivity index (χ1v) is 17.1. The van der Waals surface area contributed by atoms with Crippen LogP contribution < -0.4 is 14.5 Å². The van der Waals surface area contributed by atoms with Gasteiger partial charge >= 0.3 is 0 Å². The average Bonchev–Trinajstić information content (AvgIpc) is 3.20. The first-order valence-electron chi connectivity index (χ1n) is 13.8. The third-order valence-electron chi connectivity index (χ3n) is 8.75. The number of sulfonamides is 1. The van der Waals surface area contributed by atoms with Crippen molar-refractivity contribution in [1.29, 1.82) is 0 Å². The molecule has 4 aromatic rings. The number of aromatic nitrogens is 2. The molecule has 2 aliphatic heterocycles. The summed E-state index contributed by atoms with van der Waals surface area (Å²) in [4.78, 5) is 26.2. The van der Waals surface area contributed by atoms with Gasteiger partial charge in [0.1, 0.15) is 0 Å². The van der Waals surface area contributed by atoms with Gasteiger partial charge in [0.25, 0.3) is 10.0 Å². The van der Waals surface area contributed by atoms with Crippen LogP contribution in [0.25, 0.3) is 22.0 Å². The summed E-state index contributed by atoms with van der Waals surface area (Å²) in [5.41, 5.74) is 3.85. The smallest absolute Gasteiger partial charge is 0.262 e. The fourth-order valence-corrected chi connectivity index (χ4v) is 8.59. The van der Waals surface area contributed by atoms with E-state index < -0.39 is 25.3 Å². The summed E-state index contributed by atoms with van der Waals surface area (Å²) in [6.45, 7) is 0.429. The number of benzene rings is 2. The second-order valence-corrected chi connectivity index (χ2v) is 15.2. The Morgan fingerprint density at radius 1 is 0.930 bits per heavy atom. The summed E-state index contributed by atoms with van der Waals surface area (Å²) < 4.78 is 53.6. The van der Waals surface area contributed by atoms with Gasteiger partial charge in [-0.1, -0.05) is 30.7 Å². The molecule has 43 heavy (non-hydrogen) atoms. The van der Waals surface area contributed by atoms with Crippen LogP contribution in [0.15, 0.2) is 71.9 Å². The van der Waals surface area contributed by atoms with E-state index in [2.05, 4.69) is 14.7 Å². The Labute approximate surface area is 256 Å². The van der Waals surface area contributed by atoms with Crippen molar-refractivity contribution in [2.75, 3.05) is 46.2 Å². The number of amides is 1. The van der Waals surface area contributed by atoms with Gasteiger partial charge in [-0.15, -0.1) is 12.4 Å². The standard InChI is InChI=1S/C30H29N5O5S2.ClH/c1-34-26-19-31-24-9-8-20(16-23(24)27(26)30(29(34)36)10-5-11-30)21-17-25(33-42(39,40)22-6-3-2-4-7-22)28(32-18-21)35-12-14-41(37,38)15-13-35;/h2-4,6-9,16-19,33H,5,10-15H2,1H3;1H. The number of nitrogens with zero attached hydrogens (tertiary/aromatic N) is 4. The number of carbonyl (C=O) groups excluding carboxylic acids is 1. The third kappa shape index (κ3) is 4.81. The molecule has 2 fully saturated rings. The Kier molecular flexibility index (Phi) is 7.14. The van der Waals surface area contributed by atoms with Crippen LogP contribution in [-0.2, 0) is 30.1 Å². The van der Waals surface area contributed by atoms with Crippen LogP contribution >= 0.6 is 12.4 Å². The van der Waals surface area contributed by atoms with Crippen LogP contribution in [0.1, 0.15) is 24.8 Å². The molecule has 0 atom stereocenters. The molecule has 4 heterocycles. The van der Waals surface area contributed by atoms with E-state index >= 15 is 0 Å². The second kappa shape index (κ2) is 10.5. The summed E-state index contributed by atoms with van der Waals surface area (Å²) in [7, 11) is -5.30. The van der Waals surface area contributed by atoms with Crippen LogP contribution in [0, 0.1) is 0 Å². The number of pyridine rings is 2. The van der Waals surface area contributed by atoms with E-state index in [1.807, 2.05) is 18.2 Å². The van der Waals surface area contributed by atoms with E-state index in [1.54, 1.807) is 53.5 Å². The number of hydrogen-bond acceptors (Lipinski definition) is 8. The lowest BCUT2D eigenvalue weighted by molar-refractivity contribution is -0.125. The minimum Gasteiger partial charge on any atom is -0.353 e. The van der Waals surface area contributed by atoms with Gasteiger partial charge in [0.15, 0.2) is 15.7 Å². The molecule has 3 aliphatic rings. The predicted molar refractivity (Wildman–Crippen MR) is 169 cm³/mol. The molecule has 1 amide bonds. The first-order chi connectivity index (χ1) is 20.1. The lowest BCUT2D eigenvalue weighted by atomic mass is 9.64. The number of hydrogen-bond donors (Lipinski definition) is 1. The number of fused-ring (bicyclic) bond motifs is 4. The molecule has 1 aliphatic carbocycles. The summed E-state index contributed by atoms with van der Waals surface area (Å²) in [6.07, 6.45) is 6.05. The summed E-state index contributed by atoms with van der Waals surface area (Å²) in [6, 6.07) is 15.6. The third-order valence-corrected chi connectivity index (χ3v) is 11.7. The number of likely N-dealkylation sites (N-methyl/N-ethyl adjacent to an activating group) is 1. The van der Waals surface area contributed by atoms with E-state index in [0.29, 0.717) is 11.4 Å². The van der Waals surface area contributed by atoms with Crippen molar-refractivity contribution in [2.45, 2.75) is 29.6 Å². The highest BCUT2D eigenvalue weighted by Crippen LogP contribution is 2.55. The number of halogens is 1. The number of anilines is 3. The van der Waals surface area contributed by atoms with Crippen molar-refractivity contribution < 1.29 is 21.6 Å². The van der Waals surface area contributed by atoms with Gasteiger partial charge in [-0.2, -0.15) is 0 Å². The van der Waals surface area contributed by atoms with Crippen LogP contribution in [0.2, 0.25) is 0 Å². The van der Waals surface area contributed by atoms with Crippen molar-refractivity contribution in [3.8, 4) is 11.1 Å². The molecule has 13 heteroatoms. The van der Waals surface area contributed by atoms with E-state index in [0.717, 1.165) is 47.0 Å². The zero-order valence-electron chi connectivity index (χ0n) is 23.4. The van der Waals surface area contributed by atoms with Crippen molar-refractivity contribution in [3.05, 3.63) is 72.6 Å². The molecule has 0 radical (unpaired) electrons. The topological polar surface area (TPSA) is 130 Å². The molecular formula is C30H30ClN5O5S2. The molecule has 1 N–H and O–H groups in total. The number of carbonyl (C=O) groups is 1. The lowest BCUT2D eigenvalue weighted by Crippen LogP contribution is -2.43. The molecule has 0 bridgehead atoms. The Hall–Kier alpha value is -3.74. The molecule has 1 spiro atoms. The molecule has 10 nitrogen and oxygen atoms in total. The van der Waals surface area contributed by atoms with Crippen LogP contribution in [0.4, 0.5) is 17.2 Å². The molecule has 7 rings (SSSR count). The maximum atomic E-state index is 13.4. The predicted octanol–water partition coefficient (Wildman–Crippen LogP) is 4.15. The molecule has 1 saturated heterocycles. The largest absolute Gasteiger partial charge is 0.353 e. The summed E-state index contributed by atoms with van der Waals surface area (Å²) >= 11 is 0. The quantitative estimate of drug-likeness (QED) is 0.345. The van der Waals surface area contributed by atoms with Gasteiger partial charge in [-0.25, -0.2) is 21.8 Å². The van der Waals surface area contributed by atoms with Gasteiger partial charge in [0.05, 0.1) is 44.9 Å². The average molecular weight is 640 g/mol. The van der Waals surface area contributed by atoms with Gasteiger partial charge < -0.3 is 9.80 Å². The fraction of sp³-hybridized carbons (Fsp3) is 0.300. The molecule has 0 unspecified atom stereocenters. The highest BCUT2D eigenvalue weighted by atomic mass is 35.5. The first kappa shape index (κ1) is 29.3.